The van der Waals surface area contributed by atoms with E-state index in [0.717, 1.165) is 10.8 Å². The molecule has 0 unspecified atom stereocenters. The summed E-state index contributed by atoms with van der Waals surface area (Å²) in [6.07, 6.45) is 0. The highest BCUT2D eigenvalue weighted by Crippen LogP contribution is 2.21. The van der Waals surface area contributed by atoms with E-state index in [1.54, 1.807) is 0 Å². The highest BCUT2D eigenvalue weighted by atomic mass is 16.5. The first kappa shape index (κ1) is 12.6. The van der Waals surface area contributed by atoms with E-state index in [4.69, 9.17) is 0 Å². The maximum atomic E-state index is 12.1. The normalized spacial score (nSPS) is 11.3. The van der Waals surface area contributed by atoms with Crippen LogP contribution in [0.2, 0.25) is 0 Å². The molecule has 0 aliphatic rings. The average Bonchev–Trinajstić information content (AvgIpc) is 2.40. The lowest BCUT2D eigenvalue weighted by Gasteiger charge is -2.39. The molecule has 2 aromatic rings. The molecule has 0 saturated heterocycles. The second kappa shape index (κ2) is 5.21. The van der Waals surface area contributed by atoms with Crippen LogP contribution < -0.4 is 9.55 Å². The molecular formula is C15H18N2O. The predicted molar refractivity (Wildman–Crippen MR) is 77.2 cm³/mol. The molecule has 2 rings (SSSR count). The Labute approximate surface area is 108 Å². The summed E-state index contributed by atoms with van der Waals surface area (Å²) >= 11 is 0. The Morgan fingerprint density at radius 2 is 1.39 bits per heavy atom. The summed E-state index contributed by atoms with van der Waals surface area (Å²) in [5.74, 6) is 0. The molecular weight excluding hydrogens is 224 g/mol. The topological polar surface area (TPSA) is 26.3 Å². The van der Waals surface area contributed by atoms with E-state index < -0.39 is 0 Å². The molecule has 2 aromatic carbocycles. The summed E-state index contributed by atoms with van der Waals surface area (Å²) < 4.78 is 0.527. The lowest BCUT2D eigenvalue weighted by molar-refractivity contribution is 0.406. The number of hydrogen-bond donors (Lipinski definition) is 0. The largest absolute Gasteiger partial charge is 0.754 e. The quantitative estimate of drug-likeness (QED) is 0.467. The van der Waals surface area contributed by atoms with E-state index in [2.05, 4.69) is 0 Å². The van der Waals surface area contributed by atoms with Gasteiger partial charge in [-0.05, 0) is 24.3 Å². The summed E-state index contributed by atoms with van der Waals surface area (Å²) in [4.78, 5) is 0. The van der Waals surface area contributed by atoms with E-state index >= 15 is 0 Å². The zero-order chi connectivity index (χ0) is 13.0. The number of benzene rings is 2. The van der Waals surface area contributed by atoms with Crippen LogP contribution in [-0.4, -0.2) is 20.8 Å². The fourth-order valence-corrected chi connectivity index (χ4v) is 1.91. The third-order valence-corrected chi connectivity index (χ3v) is 2.98. The Bertz CT molecular complexity index is 482. The molecule has 94 valence electrons. The van der Waals surface area contributed by atoms with Crippen molar-refractivity contribution in [3.05, 3.63) is 65.9 Å². The molecule has 0 saturated carbocycles. The Hall–Kier alpha value is -1.84. The maximum absolute atomic E-state index is 12.1. The number of hydroxylamine groups is 1. The van der Waals surface area contributed by atoms with Crippen LogP contribution in [0.25, 0.3) is 0 Å². The standard InChI is InChI=1S/C15H18N2O/c1-17(2,15-11-7-4-8-12-15)13-16(18)14-9-5-3-6-10-14/h3-12H,13H2,1-2H3. The summed E-state index contributed by atoms with van der Waals surface area (Å²) in [7, 11) is 4.06. The Kier molecular flexibility index (Phi) is 3.65. The van der Waals surface area contributed by atoms with Crippen LogP contribution >= 0.6 is 0 Å². The van der Waals surface area contributed by atoms with Crippen LogP contribution in [0, 0.1) is 5.21 Å². The predicted octanol–water partition coefficient (Wildman–Crippen LogP) is 3.22. The second-order valence-electron chi connectivity index (χ2n) is 4.88. The fourth-order valence-electron chi connectivity index (χ4n) is 1.91. The monoisotopic (exact) mass is 242 g/mol. The van der Waals surface area contributed by atoms with Crippen molar-refractivity contribution in [1.82, 2.24) is 4.48 Å². The van der Waals surface area contributed by atoms with Crippen molar-refractivity contribution in [2.45, 2.75) is 0 Å². The van der Waals surface area contributed by atoms with Gasteiger partial charge in [-0.2, -0.15) is 0 Å². The zero-order valence-electron chi connectivity index (χ0n) is 10.8. The molecule has 0 fully saturated rings. The lowest BCUT2D eigenvalue weighted by atomic mass is 10.2. The summed E-state index contributed by atoms with van der Waals surface area (Å²) in [5, 5.41) is 13.2. The summed E-state index contributed by atoms with van der Waals surface area (Å²) in [6.45, 7) is 0.383. The SMILES string of the molecule is C[N+](C)(CN([O-])c1ccccc1)c1ccccc1. The van der Waals surface area contributed by atoms with Crippen LogP contribution in [0.3, 0.4) is 0 Å². The van der Waals surface area contributed by atoms with E-state index in [1.165, 1.54) is 0 Å². The van der Waals surface area contributed by atoms with E-state index in [1.807, 2.05) is 74.8 Å². The van der Waals surface area contributed by atoms with Crippen molar-refractivity contribution in [3.8, 4) is 0 Å². The first-order chi connectivity index (χ1) is 8.59. The number of hydrogen-bond acceptors (Lipinski definition) is 2. The minimum absolute atomic E-state index is 0.383. The third-order valence-electron chi connectivity index (χ3n) is 2.98. The van der Waals surface area contributed by atoms with Gasteiger partial charge < -0.3 is 10.3 Å². The zero-order valence-corrected chi connectivity index (χ0v) is 10.8. The molecule has 3 nitrogen and oxygen atoms in total. The van der Waals surface area contributed by atoms with Gasteiger partial charge in [0.05, 0.1) is 14.1 Å². The van der Waals surface area contributed by atoms with Gasteiger partial charge in [0, 0.05) is 5.69 Å². The van der Waals surface area contributed by atoms with Crippen LogP contribution in [-0.2, 0) is 0 Å². The number of nitrogens with zero attached hydrogens (tertiary/aromatic N) is 2. The first-order valence-electron chi connectivity index (χ1n) is 5.98. The third kappa shape index (κ3) is 2.88. The van der Waals surface area contributed by atoms with Crippen molar-refractivity contribution in [2.24, 2.45) is 0 Å². The van der Waals surface area contributed by atoms with Crippen molar-refractivity contribution in [2.75, 3.05) is 25.8 Å². The lowest BCUT2D eigenvalue weighted by Crippen LogP contribution is -2.47. The number of quaternary nitrogens is 1. The number of anilines is 1. The van der Waals surface area contributed by atoms with Crippen molar-refractivity contribution in [3.63, 3.8) is 0 Å². The van der Waals surface area contributed by atoms with Crippen LogP contribution in [0.1, 0.15) is 0 Å². The highest BCUT2D eigenvalue weighted by Gasteiger charge is 2.18. The molecule has 0 atom stereocenters. The molecule has 0 aliphatic carbocycles. The van der Waals surface area contributed by atoms with Gasteiger partial charge in [0.15, 0.2) is 0 Å². The Morgan fingerprint density at radius 3 is 1.94 bits per heavy atom. The molecule has 0 heterocycles. The van der Waals surface area contributed by atoms with Crippen LogP contribution in [0.4, 0.5) is 11.4 Å². The minimum Gasteiger partial charge on any atom is -0.754 e. The van der Waals surface area contributed by atoms with Gasteiger partial charge in [0.2, 0.25) is 0 Å². The van der Waals surface area contributed by atoms with E-state index in [9.17, 15) is 5.21 Å². The van der Waals surface area contributed by atoms with Crippen molar-refractivity contribution in [1.29, 1.82) is 0 Å². The summed E-state index contributed by atoms with van der Waals surface area (Å²) in [5.41, 5.74) is 1.81. The summed E-state index contributed by atoms with van der Waals surface area (Å²) in [6, 6.07) is 19.4. The van der Waals surface area contributed by atoms with Gasteiger partial charge >= 0.3 is 0 Å². The molecule has 0 radical (unpaired) electrons. The molecule has 0 bridgehead atoms. The molecule has 0 aliphatic heterocycles. The van der Waals surface area contributed by atoms with Gasteiger partial charge in [-0.3, -0.25) is 4.48 Å². The van der Waals surface area contributed by atoms with E-state index in [-0.39, 0.29) is 0 Å². The first-order valence-corrected chi connectivity index (χ1v) is 5.98. The maximum Gasteiger partial charge on any atom is 0.148 e. The molecule has 18 heavy (non-hydrogen) atoms. The van der Waals surface area contributed by atoms with Crippen LogP contribution in [0.5, 0.6) is 0 Å². The van der Waals surface area contributed by atoms with Gasteiger partial charge in [-0.25, -0.2) is 0 Å². The average molecular weight is 242 g/mol. The van der Waals surface area contributed by atoms with Crippen LogP contribution in [0.15, 0.2) is 60.7 Å². The van der Waals surface area contributed by atoms with Gasteiger partial charge in [0.1, 0.15) is 12.4 Å². The highest BCUT2D eigenvalue weighted by molar-refractivity contribution is 5.49. The second-order valence-corrected chi connectivity index (χ2v) is 4.88. The fraction of sp³-hybridized carbons (Fsp3) is 0.200. The molecule has 0 amide bonds. The van der Waals surface area contributed by atoms with Crippen molar-refractivity contribution < 1.29 is 0 Å². The van der Waals surface area contributed by atoms with Gasteiger partial charge in [-0.1, -0.05) is 36.4 Å². The Balaban J connectivity index is 2.14. The van der Waals surface area contributed by atoms with E-state index in [0.29, 0.717) is 16.8 Å². The molecule has 0 spiro atoms. The molecule has 3 heteroatoms. The number of rotatable bonds is 4. The van der Waals surface area contributed by atoms with Crippen molar-refractivity contribution >= 4 is 11.4 Å². The van der Waals surface area contributed by atoms with Gasteiger partial charge in [-0.15, -0.1) is 0 Å². The smallest absolute Gasteiger partial charge is 0.148 e. The molecule has 0 N–H and O–H groups in total. The Morgan fingerprint density at radius 1 is 0.889 bits per heavy atom. The van der Waals surface area contributed by atoms with Gasteiger partial charge in [0.25, 0.3) is 0 Å². The number of para-hydroxylation sites is 2. The molecule has 0 aromatic heterocycles. The minimum atomic E-state index is 0.383.